The number of hydrogen-bond acceptors (Lipinski definition) is 3. The summed E-state index contributed by atoms with van der Waals surface area (Å²) in [5, 5.41) is 0.296. The molecule has 0 radical (unpaired) electrons. The van der Waals surface area contributed by atoms with Crippen LogP contribution in [0.25, 0.3) is 0 Å². The molecule has 3 nitrogen and oxygen atoms in total. The first-order chi connectivity index (χ1) is 14.4. The van der Waals surface area contributed by atoms with Crippen LogP contribution >= 0.6 is 0 Å². The smallest absolute Gasteiger partial charge is 0.192 e. The van der Waals surface area contributed by atoms with Gasteiger partial charge in [-0.3, -0.25) is 0 Å². The first kappa shape index (κ1) is 22.6. The van der Waals surface area contributed by atoms with Crippen LogP contribution in [0.3, 0.4) is 0 Å². The number of hydrogen-bond donors (Lipinski definition) is 0. The van der Waals surface area contributed by atoms with Crippen molar-refractivity contribution in [1.82, 2.24) is 0 Å². The monoisotopic (exact) mass is 446 g/mol. The zero-order valence-electron chi connectivity index (χ0n) is 21.1. The molecule has 7 atom stereocenters. The van der Waals surface area contributed by atoms with Gasteiger partial charge in [0, 0.05) is 17.9 Å². The van der Waals surface area contributed by atoms with E-state index in [0.29, 0.717) is 22.5 Å². The standard InChI is InChI=1S/C27H46O3Si/c1-24(2,3)31(6,7)30-20-10-13-25(4)19(18-20)8-9-21-22(25)11-14-26(5)23(21)12-15-27(26)28-16-17-29-27/h11,14,19-23H,8-10,12-13,15-18H2,1-7H3/t19-,20-,21?,22?,23?,25+,26+/m1/s1. The van der Waals surface area contributed by atoms with E-state index in [4.69, 9.17) is 13.9 Å². The van der Waals surface area contributed by atoms with Crippen LogP contribution in [0.5, 0.6) is 0 Å². The first-order valence-corrected chi connectivity index (χ1v) is 16.0. The number of ether oxygens (including phenoxy) is 2. The molecule has 4 fully saturated rings. The maximum atomic E-state index is 6.91. The molecule has 176 valence electrons. The van der Waals surface area contributed by atoms with Crippen molar-refractivity contribution in [2.24, 2.45) is 34.5 Å². The predicted molar refractivity (Wildman–Crippen MR) is 128 cm³/mol. The minimum atomic E-state index is -1.70. The van der Waals surface area contributed by atoms with Crippen molar-refractivity contribution in [3.8, 4) is 0 Å². The maximum Gasteiger partial charge on any atom is 0.192 e. The zero-order chi connectivity index (χ0) is 22.3. The normalized spacial score (nSPS) is 46.6. The second-order valence-electron chi connectivity index (χ2n) is 13.5. The first-order valence-electron chi connectivity index (χ1n) is 13.1. The second kappa shape index (κ2) is 7.17. The Kier molecular flexibility index (Phi) is 5.23. The van der Waals surface area contributed by atoms with Gasteiger partial charge in [0.2, 0.25) is 0 Å². The van der Waals surface area contributed by atoms with E-state index in [2.05, 4.69) is 59.9 Å². The van der Waals surface area contributed by atoms with E-state index in [-0.39, 0.29) is 11.2 Å². The van der Waals surface area contributed by atoms with Crippen molar-refractivity contribution in [2.45, 2.75) is 110 Å². The van der Waals surface area contributed by atoms with Gasteiger partial charge in [-0.25, -0.2) is 0 Å². The molecule has 1 heterocycles. The molecule has 0 aromatic carbocycles. The van der Waals surface area contributed by atoms with Crippen LogP contribution in [0.2, 0.25) is 18.1 Å². The molecule has 0 aromatic heterocycles. The predicted octanol–water partition coefficient (Wildman–Crippen LogP) is 6.94. The van der Waals surface area contributed by atoms with Gasteiger partial charge in [0.15, 0.2) is 14.1 Å². The molecular weight excluding hydrogens is 400 g/mol. The summed E-state index contributed by atoms with van der Waals surface area (Å²) in [5.74, 6) is 2.68. The molecule has 4 heteroatoms. The van der Waals surface area contributed by atoms with Gasteiger partial charge in [-0.05, 0) is 85.7 Å². The van der Waals surface area contributed by atoms with E-state index in [1.54, 1.807) is 0 Å². The minimum Gasteiger partial charge on any atom is -0.414 e. The van der Waals surface area contributed by atoms with Crippen LogP contribution in [0, 0.1) is 34.5 Å². The van der Waals surface area contributed by atoms with Crippen molar-refractivity contribution in [2.75, 3.05) is 13.2 Å². The fourth-order valence-electron chi connectivity index (χ4n) is 8.16. The summed E-state index contributed by atoms with van der Waals surface area (Å²) in [6, 6.07) is 0. The van der Waals surface area contributed by atoms with Gasteiger partial charge < -0.3 is 13.9 Å². The Morgan fingerprint density at radius 1 is 0.968 bits per heavy atom. The molecule has 5 rings (SSSR count). The average molecular weight is 447 g/mol. The van der Waals surface area contributed by atoms with E-state index in [9.17, 15) is 0 Å². The third-order valence-electron chi connectivity index (χ3n) is 11.1. The Morgan fingerprint density at radius 3 is 2.35 bits per heavy atom. The summed E-state index contributed by atoms with van der Waals surface area (Å²) in [7, 11) is -1.70. The van der Waals surface area contributed by atoms with Gasteiger partial charge in [0.05, 0.1) is 13.2 Å². The quantitative estimate of drug-likeness (QED) is 0.340. The van der Waals surface area contributed by atoms with E-state index >= 15 is 0 Å². The highest BCUT2D eigenvalue weighted by Crippen LogP contribution is 2.67. The van der Waals surface area contributed by atoms with Gasteiger partial charge in [0.1, 0.15) is 0 Å². The molecule has 4 aliphatic carbocycles. The molecular formula is C27H46O3Si. The fourth-order valence-corrected chi connectivity index (χ4v) is 9.56. The average Bonchev–Trinajstić information content (AvgIpc) is 3.27. The summed E-state index contributed by atoms with van der Waals surface area (Å²) in [6.07, 6.45) is 14.6. The lowest BCUT2D eigenvalue weighted by Gasteiger charge is -2.59. The molecule has 0 aromatic rings. The Morgan fingerprint density at radius 2 is 1.68 bits per heavy atom. The maximum absolute atomic E-state index is 6.91. The van der Waals surface area contributed by atoms with E-state index < -0.39 is 8.32 Å². The molecule has 31 heavy (non-hydrogen) atoms. The van der Waals surface area contributed by atoms with Gasteiger partial charge >= 0.3 is 0 Å². The van der Waals surface area contributed by atoms with Gasteiger partial charge in [-0.2, -0.15) is 0 Å². The fraction of sp³-hybridized carbons (Fsp3) is 0.926. The lowest BCUT2D eigenvalue weighted by atomic mass is 9.47. The Hall–Kier alpha value is -0.163. The van der Waals surface area contributed by atoms with Crippen LogP contribution < -0.4 is 0 Å². The largest absolute Gasteiger partial charge is 0.414 e. The third kappa shape index (κ3) is 3.21. The second-order valence-corrected chi connectivity index (χ2v) is 18.2. The van der Waals surface area contributed by atoms with Crippen LogP contribution in [0.15, 0.2) is 12.2 Å². The SMILES string of the molecule is CC(C)(C)[Si](C)(C)O[C@@H]1CC[C@]2(C)C3C=C[C@@]4(C)C(CCC45OCCO5)C3CC[C@@H]2C1. The van der Waals surface area contributed by atoms with Crippen molar-refractivity contribution in [1.29, 1.82) is 0 Å². The summed E-state index contributed by atoms with van der Waals surface area (Å²) in [4.78, 5) is 0. The van der Waals surface area contributed by atoms with Crippen LogP contribution in [-0.2, 0) is 13.9 Å². The summed E-state index contributed by atoms with van der Waals surface area (Å²) < 4.78 is 19.5. The lowest BCUT2D eigenvalue weighted by Crippen LogP contribution is -2.55. The number of fused-ring (bicyclic) bond motifs is 6. The highest BCUT2D eigenvalue weighted by Gasteiger charge is 2.65. The topological polar surface area (TPSA) is 27.7 Å². The van der Waals surface area contributed by atoms with Crippen molar-refractivity contribution in [3.05, 3.63) is 12.2 Å². The van der Waals surface area contributed by atoms with Gasteiger partial charge in [-0.15, -0.1) is 0 Å². The van der Waals surface area contributed by atoms with E-state index in [1.165, 1.54) is 38.5 Å². The molecule has 1 aliphatic heterocycles. The lowest BCUT2D eigenvalue weighted by molar-refractivity contribution is -0.217. The Balaban J connectivity index is 1.35. The van der Waals surface area contributed by atoms with Crippen molar-refractivity contribution >= 4 is 8.32 Å². The number of rotatable bonds is 2. The Bertz CT molecular complexity index is 733. The van der Waals surface area contributed by atoms with Crippen molar-refractivity contribution < 1.29 is 13.9 Å². The molecule has 1 saturated heterocycles. The Labute approximate surface area is 191 Å². The molecule has 5 aliphatic rings. The van der Waals surface area contributed by atoms with Crippen LogP contribution in [0.4, 0.5) is 0 Å². The van der Waals surface area contributed by atoms with Crippen molar-refractivity contribution in [3.63, 3.8) is 0 Å². The summed E-state index contributed by atoms with van der Waals surface area (Å²) >= 11 is 0. The zero-order valence-corrected chi connectivity index (χ0v) is 22.1. The van der Waals surface area contributed by atoms with E-state index in [0.717, 1.165) is 37.4 Å². The van der Waals surface area contributed by atoms with Crippen LogP contribution in [0.1, 0.15) is 79.6 Å². The molecule has 1 spiro atoms. The van der Waals surface area contributed by atoms with Gasteiger partial charge in [-0.1, -0.05) is 46.8 Å². The highest BCUT2D eigenvalue weighted by atomic mass is 28.4. The molecule has 0 amide bonds. The molecule has 0 N–H and O–H groups in total. The summed E-state index contributed by atoms with van der Waals surface area (Å²) in [5.41, 5.74) is 0.484. The molecule has 0 bridgehead atoms. The van der Waals surface area contributed by atoms with Gasteiger partial charge in [0.25, 0.3) is 0 Å². The van der Waals surface area contributed by atoms with Crippen LogP contribution in [-0.4, -0.2) is 33.4 Å². The third-order valence-corrected chi connectivity index (χ3v) is 15.7. The minimum absolute atomic E-state index is 0.0521. The molecule has 3 saturated carbocycles. The number of allylic oxidation sites excluding steroid dienone is 1. The summed E-state index contributed by atoms with van der Waals surface area (Å²) in [6.45, 7) is 18.5. The highest BCUT2D eigenvalue weighted by molar-refractivity contribution is 6.74. The van der Waals surface area contributed by atoms with E-state index in [1.807, 2.05) is 0 Å². The molecule has 3 unspecified atom stereocenters.